The smallest absolute Gasteiger partial charge is 0.415 e. The average Bonchev–Trinajstić information content (AvgIpc) is 3.38. The van der Waals surface area contributed by atoms with Gasteiger partial charge in [0.05, 0.1) is 13.6 Å². The minimum atomic E-state index is -4.58. The third-order valence-electron chi connectivity index (χ3n) is 7.28. The fourth-order valence-electron chi connectivity index (χ4n) is 5.29. The fraction of sp³-hybridized carbons (Fsp3) is 0.483. The first-order valence-electron chi connectivity index (χ1n) is 13.8. The Morgan fingerprint density at radius 1 is 1.07 bits per heavy atom. The SMILES string of the molecule is Cl.[C-]#[N+]c1cc(CN(Cc2cc3c(cc2N(CC)CCCCC(=O)O)CCCC3)c2nnn(C)n2)cc(C(F)(F)F)c1. The molecule has 13 heteroatoms. The summed E-state index contributed by atoms with van der Waals surface area (Å²) in [6, 6.07) is 7.78. The number of fused-ring (bicyclic) bond motifs is 1. The van der Waals surface area contributed by atoms with Crippen molar-refractivity contribution in [3.05, 3.63) is 69.6 Å². The lowest BCUT2D eigenvalue weighted by molar-refractivity contribution is -0.138. The Hall–Kier alpha value is -3.85. The lowest BCUT2D eigenvalue weighted by atomic mass is 9.89. The zero-order chi connectivity index (χ0) is 29.6. The standard InChI is InChI=1S/C29H34F3N7O2.ClH/c1-4-38(12-8-7-11-27(40)41)26-16-22-10-6-5-9-21(22)15-23(26)19-39(28-34-36-37(3)35-28)18-20-13-24(29(30,31)32)17-25(14-20)33-2;/h13-17H,4-12,18-19H2,1,3H3,(H,40,41);1H. The molecule has 1 aliphatic rings. The van der Waals surface area contributed by atoms with E-state index in [2.05, 4.69) is 44.2 Å². The number of benzene rings is 2. The molecule has 0 saturated carbocycles. The third-order valence-corrected chi connectivity index (χ3v) is 7.28. The number of nitrogens with zero attached hydrogens (tertiary/aromatic N) is 7. The van der Waals surface area contributed by atoms with Crippen LogP contribution in [0.5, 0.6) is 0 Å². The van der Waals surface area contributed by atoms with Gasteiger partial charge in [-0.15, -0.1) is 17.5 Å². The number of aliphatic carboxylic acids is 1. The van der Waals surface area contributed by atoms with Gasteiger partial charge in [-0.1, -0.05) is 17.2 Å². The number of anilines is 2. The molecule has 0 bridgehead atoms. The van der Waals surface area contributed by atoms with Gasteiger partial charge in [0.1, 0.15) is 0 Å². The third kappa shape index (κ3) is 8.35. The molecule has 0 aliphatic heterocycles. The summed E-state index contributed by atoms with van der Waals surface area (Å²) in [7, 11) is 1.62. The van der Waals surface area contributed by atoms with Crippen molar-refractivity contribution in [1.29, 1.82) is 0 Å². The lowest BCUT2D eigenvalue weighted by Gasteiger charge is -2.31. The van der Waals surface area contributed by atoms with Crippen molar-refractivity contribution in [2.75, 3.05) is 22.9 Å². The van der Waals surface area contributed by atoms with E-state index < -0.39 is 17.7 Å². The summed E-state index contributed by atoms with van der Waals surface area (Å²) >= 11 is 0. The van der Waals surface area contributed by atoms with Crippen molar-refractivity contribution in [3.8, 4) is 0 Å². The lowest BCUT2D eigenvalue weighted by Crippen LogP contribution is -2.29. The summed E-state index contributed by atoms with van der Waals surface area (Å²) in [6.07, 6.45) is 0.972. The quantitative estimate of drug-likeness (QED) is 0.189. The number of hydrogen-bond donors (Lipinski definition) is 1. The minimum absolute atomic E-state index is 0. The van der Waals surface area contributed by atoms with Gasteiger partial charge in [-0.25, -0.2) is 4.85 Å². The minimum Gasteiger partial charge on any atom is -0.481 e. The molecule has 0 atom stereocenters. The van der Waals surface area contributed by atoms with Crippen LogP contribution < -0.4 is 9.80 Å². The summed E-state index contributed by atoms with van der Waals surface area (Å²) in [5.41, 5.74) is 3.91. The molecule has 1 heterocycles. The van der Waals surface area contributed by atoms with Crippen LogP contribution in [0.3, 0.4) is 0 Å². The Labute approximate surface area is 249 Å². The van der Waals surface area contributed by atoms with Gasteiger partial charge in [0.15, 0.2) is 5.69 Å². The van der Waals surface area contributed by atoms with Crippen LogP contribution in [0.25, 0.3) is 4.85 Å². The molecule has 226 valence electrons. The molecule has 0 amide bonds. The van der Waals surface area contributed by atoms with Crippen LogP contribution >= 0.6 is 12.4 Å². The number of alkyl halides is 3. The highest BCUT2D eigenvalue weighted by molar-refractivity contribution is 5.85. The number of carbonyl (C=O) groups is 1. The van der Waals surface area contributed by atoms with Crippen molar-refractivity contribution in [3.63, 3.8) is 0 Å². The Morgan fingerprint density at radius 3 is 2.38 bits per heavy atom. The van der Waals surface area contributed by atoms with Gasteiger partial charge in [0.2, 0.25) is 0 Å². The summed E-state index contributed by atoms with van der Waals surface area (Å²) < 4.78 is 40.8. The Morgan fingerprint density at radius 2 is 1.79 bits per heavy atom. The molecular formula is C29H35ClF3N7O2. The van der Waals surface area contributed by atoms with E-state index in [1.807, 2.05) is 0 Å². The van der Waals surface area contributed by atoms with Gasteiger partial charge in [0.25, 0.3) is 5.95 Å². The van der Waals surface area contributed by atoms with Gasteiger partial charge in [-0.3, -0.25) is 4.79 Å². The van der Waals surface area contributed by atoms with Gasteiger partial charge < -0.3 is 14.9 Å². The normalized spacial score (nSPS) is 12.7. The van der Waals surface area contributed by atoms with Gasteiger partial charge >= 0.3 is 12.1 Å². The van der Waals surface area contributed by atoms with Crippen molar-refractivity contribution in [2.45, 2.75) is 71.1 Å². The highest BCUT2D eigenvalue weighted by Crippen LogP contribution is 2.35. The van der Waals surface area contributed by atoms with E-state index in [1.165, 1.54) is 22.0 Å². The maximum absolute atomic E-state index is 13.6. The Balaban J connectivity index is 0.00000484. The van der Waals surface area contributed by atoms with E-state index in [9.17, 15) is 18.0 Å². The molecule has 0 radical (unpaired) electrons. The number of halogens is 4. The summed E-state index contributed by atoms with van der Waals surface area (Å²) in [4.78, 5) is 19.6. The van der Waals surface area contributed by atoms with Crippen LogP contribution in [0.4, 0.5) is 30.5 Å². The number of rotatable bonds is 12. The fourth-order valence-corrected chi connectivity index (χ4v) is 5.29. The summed E-state index contributed by atoms with van der Waals surface area (Å²) in [6.45, 7) is 11.1. The molecule has 3 aromatic rings. The molecule has 4 rings (SSSR count). The number of carboxylic acid groups (broad SMARTS) is 1. The van der Waals surface area contributed by atoms with Gasteiger partial charge in [0, 0.05) is 43.9 Å². The molecule has 1 aromatic heterocycles. The van der Waals surface area contributed by atoms with Crippen LogP contribution in [0.2, 0.25) is 0 Å². The molecule has 0 spiro atoms. The van der Waals surface area contributed by atoms with Crippen LogP contribution in [-0.2, 0) is 43.9 Å². The van der Waals surface area contributed by atoms with Crippen molar-refractivity contribution >= 4 is 35.7 Å². The van der Waals surface area contributed by atoms with Crippen LogP contribution in [0, 0.1) is 6.57 Å². The molecule has 0 saturated heterocycles. The van der Waals surface area contributed by atoms with E-state index in [0.29, 0.717) is 31.6 Å². The first kappa shape index (κ1) is 32.7. The van der Waals surface area contributed by atoms with Crippen molar-refractivity contribution in [1.82, 2.24) is 20.2 Å². The molecule has 0 unspecified atom stereocenters. The van der Waals surface area contributed by atoms with E-state index in [4.69, 9.17) is 11.7 Å². The number of carboxylic acids is 1. The molecule has 42 heavy (non-hydrogen) atoms. The number of tetrazole rings is 1. The van der Waals surface area contributed by atoms with Crippen LogP contribution in [0.1, 0.15) is 66.8 Å². The molecule has 0 fully saturated rings. The van der Waals surface area contributed by atoms with Gasteiger partial charge in [-0.05, 0) is 91.1 Å². The monoisotopic (exact) mass is 605 g/mol. The summed E-state index contributed by atoms with van der Waals surface area (Å²) in [5.74, 6) is -0.548. The first-order chi connectivity index (χ1) is 19.6. The predicted molar refractivity (Wildman–Crippen MR) is 156 cm³/mol. The maximum atomic E-state index is 13.6. The number of aromatic nitrogens is 4. The number of aryl methyl sites for hydroxylation is 3. The van der Waals surface area contributed by atoms with E-state index in [-0.39, 0.29) is 37.0 Å². The van der Waals surface area contributed by atoms with E-state index >= 15 is 0 Å². The molecular weight excluding hydrogens is 571 g/mol. The highest BCUT2D eigenvalue weighted by atomic mass is 35.5. The second kappa shape index (κ2) is 14.4. The van der Waals surface area contributed by atoms with Crippen molar-refractivity contribution in [2.24, 2.45) is 7.05 Å². The molecule has 9 nitrogen and oxygen atoms in total. The molecule has 1 aliphatic carbocycles. The zero-order valence-corrected chi connectivity index (χ0v) is 24.5. The van der Waals surface area contributed by atoms with Crippen LogP contribution in [-0.4, -0.2) is 44.4 Å². The molecule has 2 aromatic carbocycles. The average molecular weight is 606 g/mol. The summed E-state index contributed by atoms with van der Waals surface area (Å²) in [5, 5.41) is 21.5. The highest BCUT2D eigenvalue weighted by Gasteiger charge is 2.31. The number of hydrogen-bond acceptors (Lipinski definition) is 6. The molecule has 1 N–H and O–H groups in total. The zero-order valence-electron chi connectivity index (χ0n) is 23.7. The van der Waals surface area contributed by atoms with Gasteiger partial charge in [-0.2, -0.15) is 18.0 Å². The number of unbranched alkanes of at least 4 members (excludes halogenated alkanes) is 1. The predicted octanol–water partition coefficient (Wildman–Crippen LogP) is 6.37. The first-order valence-corrected chi connectivity index (χ1v) is 13.8. The second-order valence-corrected chi connectivity index (χ2v) is 10.3. The second-order valence-electron chi connectivity index (χ2n) is 10.3. The maximum Gasteiger partial charge on any atom is 0.415 e. The topological polar surface area (TPSA) is 91.7 Å². The van der Waals surface area contributed by atoms with Crippen molar-refractivity contribution < 1.29 is 23.1 Å². The van der Waals surface area contributed by atoms with E-state index in [0.717, 1.165) is 55.5 Å². The largest absolute Gasteiger partial charge is 0.481 e. The Bertz CT molecular complexity index is 1420. The Kier molecular flexibility index (Phi) is 11.2. The van der Waals surface area contributed by atoms with E-state index in [1.54, 1.807) is 11.9 Å². The van der Waals surface area contributed by atoms with Crippen LogP contribution in [0.15, 0.2) is 30.3 Å².